The molecule has 2 N–H and O–H groups in total. The first-order valence-electron chi connectivity index (χ1n) is 7.47. The van der Waals surface area contributed by atoms with E-state index < -0.39 is 27.5 Å². The fourth-order valence-electron chi connectivity index (χ4n) is 1.97. The highest BCUT2D eigenvalue weighted by Crippen LogP contribution is 2.10. The molecule has 0 aliphatic carbocycles. The van der Waals surface area contributed by atoms with Gasteiger partial charge in [-0.1, -0.05) is 12.1 Å². The molecule has 2 aromatic rings. The van der Waals surface area contributed by atoms with Crippen LogP contribution in [0, 0.1) is 5.82 Å². The van der Waals surface area contributed by atoms with Gasteiger partial charge in [-0.05, 0) is 42.0 Å². The second-order valence-electron chi connectivity index (χ2n) is 5.51. The standard InChI is InChI=1S/C17H17FN2O5S/c1-26(23,24)11-12-2-4-13(5-3-12)17(22)20-19-16(21)10-25-15-8-6-14(18)7-9-15/h2-9H,10-11H2,1H3,(H,19,21)(H,20,22). The maximum Gasteiger partial charge on any atom is 0.276 e. The molecule has 0 aliphatic rings. The first-order chi connectivity index (χ1) is 12.2. The van der Waals surface area contributed by atoms with Crippen molar-refractivity contribution in [1.82, 2.24) is 10.9 Å². The minimum Gasteiger partial charge on any atom is -0.484 e. The van der Waals surface area contributed by atoms with Gasteiger partial charge in [-0.2, -0.15) is 0 Å². The summed E-state index contributed by atoms with van der Waals surface area (Å²) >= 11 is 0. The molecule has 138 valence electrons. The maximum atomic E-state index is 12.8. The van der Waals surface area contributed by atoms with E-state index in [9.17, 15) is 22.4 Å². The average Bonchev–Trinajstić information content (AvgIpc) is 2.58. The zero-order valence-corrected chi connectivity index (χ0v) is 14.7. The predicted octanol–water partition coefficient (Wildman–Crippen LogP) is 1.21. The SMILES string of the molecule is CS(=O)(=O)Cc1ccc(C(=O)NNC(=O)COc2ccc(F)cc2)cc1. The minimum absolute atomic E-state index is 0.119. The Balaban J connectivity index is 1.80. The number of amides is 2. The van der Waals surface area contributed by atoms with E-state index in [1.165, 1.54) is 48.5 Å². The second kappa shape index (κ2) is 8.43. The lowest BCUT2D eigenvalue weighted by atomic mass is 10.1. The third-order valence-electron chi connectivity index (χ3n) is 3.14. The van der Waals surface area contributed by atoms with E-state index in [1.807, 2.05) is 0 Å². The third-order valence-corrected chi connectivity index (χ3v) is 4.00. The van der Waals surface area contributed by atoms with Crippen molar-refractivity contribution in [2.45, 2.75) is 5.75 Å². The molecule has 0 saturated heterocycles. The van der Waals surface area contributed by atoms with Gasteiger partial charge < -0.3 is 4.74 Å². The van der Waals surface area contributed by atoms with Crippen molar-refractivity contribution in [2.75, 3.05) is 12.9 Å². The molecule has 0 unspecified atom stereocenters. The summed E-state index contributed by atoms with van der Waals surface area (Å²) in [4.78, 5) is 23.6. The molecule has 2 aromatic carbocycles. The number of hydrogen-bond donors (Lipinski definition) is 2. The first kappa shape index (κ1) is 19.4. The Morgan fingerprint density at radius 2 is 1.62 bits per heavy atom. The normalized spacial score (nSPS) is 10.8. The molecule has 0 bridgehead atoms. The van der Waals surface area contributed by atoms with Crippen molar-refractivity contribution < 1.29 is 27.1 Å². The molecule has 0 fully saturated rings. The molecule has 0 aromatic heterocycles. The van der Waals surface area contributed by atoms with Crippen LogP contribution in [-0.2, 0) is 20.4 Å². The number of nitrogens with one attached hydrogen (secondary N) is 2. The minimum atomic E-state index is -3.16. The molecule has 0 radical (unpaired) electrons. The summed E-state index contributed by atoms with van der Waals surface area (Å²) in [5, 5.41) is 0. The summed E-state index contributed by atoms with van der Waals surface area (Å²) in [6.45, 7) is -0.362. The lowest BCUT2D eigenvalue weighted by molar-refractivity contribution is -0.123. The number of halogens is 1. The average molecular weight is 380 g/mol. The highest BCUT2D eigenvalue weighted by molar-refractivity contribution is 7.89. The van der Waals surface area contributed by atoms with Crippen LogP contribution in [0.1, 0.15) is 15.9 Å². The number of sulfone groups is 1. The van der Waals surface area contributed by atoms with Gasteiger partial charge in [-0.3, -0.25) is 20.4 Å². The van der Waals surface area contributed by atoms with Crippen LogP contribution < -0.4 is 15.6 Å². The van der Waals surface area contributed by atoms with E-state index in [1.54, 1.807) is 0 Å². The Bertz CT molecular complexity index is 880. The van der Waals surface area contributed by atoms with E-state index in [-0.39, 0.29) is 17.9 Å². The molecule has 7 nitrogen and oxygen atoms in total. The van der Waals surface area contributed by atoms with Crippen molar-refractivity contribution in [3.8, 4) is 5.75 Å². The molecule has 2 rings (SSSR count). The van der Waals surface area contributed by atoms with E-state index >= 15 is 0 Å². The predicted molar refractivity (Wildman–Crippen MR) is 92.5 cm³/mol. The number of carbonyl (C=O) groups is 2. The van der Waals surface area contributed by atoms with Crippen LogP contribution in [0.4, 0.5) is 4.39 Å². The number of rotatable bonds is 6. The zero-order chi connectivity index (χ0) is 19.2. The Morgan fingerprint density at radius 3 is 2.19 bits per heavy atom. The van der Waals surface area contributed by atoms with Crippen LogP contribution in [0.25, 0.3) is 0 Å². The number of hydrazine groups is 1. The van der Waals surface area contributed by atoms with Gasteiger partial charge in [-0.15, -0.1) is 0 Å². The second-order valence-corrected chi connectivity index (χ2v) is 7.65. The molecular weight excluding hydrogens is 363 g/mol. The number of carbonyl (C=O) groups excluding carboxylic acids is 2. The monoisotopic (exact) mass is 380 g/mol. The van der Waals surface area contributed by atoms with E-state index in [4.69, 9.17) is 4.74 Å². The Labute approximate surface area is 150 Å². The fourth-order valence-corrected chi connectivity index (χ4v) is 2.77. The van der Waals surface area contributed by atoms with E-state index in [0.717, 1.165) is 6.26 Å². The van der Waals surface area contributed by atoms with Gasteiger partial charge in [0.15, 0.2) is 16.4 Å². The lowest BCUT2D eigenvalue weighted by Crippen LogP contribution is -2.43. The summed E-state index contributed by atoms with van der Waals surface area (Å²) < 4.78 is 40.3. The summed E-state index contributed by atoms with van der Waals surface area (Å²) in [5.41, 5.74) is 5.21. The van der Waals surface area contributed by atoms with Crippen molar-refractivity contribution in [2.24, 2.45) is 0 Å². The van der Waals surface area contributed by atoms with Gasteiger partial charge >= 0.3 is 0 Å². The smallest absolute Gasteiger partial charge is 0.276 e. The third kappa shape index (κ3) is 6.52. The zero-order valence-electron chi connectivity index (χ0n) is 13.9. The molecule has 9 heteroatoms. The van der Waals surface area contributed by atoms with Gasteiger partial charge in [0.05, 0.1) is 5.75 Å². The first-order valence-corrected chi connectivity index (χ1v) is 9.53. The number of benzene rings is 2. The summed E-state index contributed by atoms with van der Waals surface area (Å²) in [7, 11) is -3.16. The molecular formula is C17H17FN2O5S. The van der Waals surface area contributed by atoms with Crippen LogP contribution in [0.3, 0.4) is 0 Å². The van der Waals surface area contributed by atoms with Crippen molar-refractivity contribution in [3.05, 3.63) is 65.5 Å². The largest absolute Gasteiger partial charge is 0.484 e. The van der Waals surface area contributed by atoms with Crippen LogP contribution in [-0.4, -0.2) is 33.1 Å². The van der Waals surface area contributed by atoms with Crippen molar-refractivity contribution in [3.63, 3.8) is 0 Å². The molecule has 2 amide bonds. The van der Waals surface area contributed by atoms with Gasteiger partial charge in [0, 0.05) is 11.8 Å². The molecule has 0 heterocycles. The van der Waals surface area contributed by atoms with E-state index in [0.29, 0.717) is 11.3 Å². The Kier molecular flexibility index (Phi) is 6.29. The van der Waals surface area contributed by atoms with Gasteiger partial charge in [-0.25, -0.2) is 12.8 Å². The van der Waals surface area contributed by atoms with Crippen LogP contribution >= 0.6 is 0 Å². The van der Waals surface area contributed by atoms with Crippen molar-refractivity contribution in [1.29, 1.82) is 0 Å². The van der Waals surface area contributed by atoms with Crippen LogP contribution in [0.2, 0.25) is 0 Å². The number of ether oxygens (including phenoxy) is 1. The molecule has 0 spiro atoms. The number of hydrogen-bond acceptors (Lipinski definition) is 5. The van der Waals surface area contributed by atoms with Crippen LogP contribution in [0.15, 0.2) is 48.5 Å². The maximum absolute atomic E-state index is 12.8. The summed E-state index contributed by atoms with van der Waals surface area (Å²) in [5.74, 6) is -1.39. The summed E-state index contributed by atoms with van der Waals surface area (Å²) in [6.07, 6.45) is 1.12. The fraction of sp³-hybridized carbons (Fsp3) is 0.176. The highest BCUT2D eigenvalue weighted by Gasteiger charge is 2.09. The summed E-state index contributed by atoms with van der Waals surface area (Å²) in [6, 6.07) is 11.1. The van der Waals surface area contributed by atoms with Gasteiger partial charge in [0.2, 0.25) is 0 Å². The van der Waals surface area contributed by atoms with Gasteiger partial charge in [0.1, 0.15) is 11.6 Å². The molecule has 0 atom stereocenters. The molecule has 0 saturated carbocycles. The molecule has 0 aliphatic heterocycles. The highest BCUT2D eigenvalue weighted by atomic mass is 32.2. The lowest BCUT2D eigenvalue weighted by Gasteiger charge is -2.09. The Hall–Kier alpha value is -2.94. The van der Waals surface area contributed by atoms with Gasteiger partial charge in [0.25, 0.3) is 11.8 Å². The van der Waals surface area contributed by atoms with Crippen LogP contribution in [0.5, 0.6) is 5.75 Å². The molecule has 26 heavy (non-hydrogen) atoms. The Morgan fingerprint density at radius 1 is 1.00 bits per heavy atom. The quantitative estimate of drug-likeness (QED) is 0.734. The van der Waals surface area contributed by atoms with Crippen molar-refractivity contribution >= 4 is 21.7 Å². The topological polar surface area (TPSA) is 102 Å². The van der Waals surface area contributed by atoms with E-state index in [2.05, 4.69) is 10.9 Å².